The molecule has 0 fully saturated rings. The quantitative estimate of drug-likeness (QED) is 0.602. The number of anilines is 3. The van der Waals surface area contributed by atoms with Crippen molar-refractivity contribution in [3.8, 4) is 11.5 Å². The molecule has 0 aliphatic heterocycles. The molecule has 0 unspecified atom stereocenters. The molecule has 3 aromatic rings. The van der Waals surface area contributed by atoms with Gasteiger partial charge >= 0.3 is 0 Å². The lowest BCUT2D eigenvalue weighted by Crippen LogP contribution is -2.21. The molecule has 26 heavy (non-hydrogen) atoms. The Bertz CT molecular complexity index is 823. The van der Waals surface area contributed by atoms with Crippen molar-refractivity contribution >= 4 is 17.5 Å². The summed E-state index contributed by atoms with van der Waals surface area (Å²) in [6.07, 6.45) is 4.03. The standard InChI is InChI=1S/C21H24N4O/c1-3-4-16-25(2)21-22-15-14-20(24-21)23-18-12-8-9-13-19(18)26-17-10-6-5-7-11-17/h5-15H,3-4,16H2,1-2H3,(H,22,23,24). The van der Waals surface area contributed by atoms with E-state index in [1.54, 1.807) is 6.20 Å². The van der Waals surface area contributed by atoms with Crippen LogP contribution in [0.4, 0.5) is 17.5 Å². The highest BCUT2D eigenvalue weighted by Gasteiger charge is 2.08. The Hall–Kier alpha value is -3.08. The number of aromatic nitrogens is 2. The van der Waals surface area contributed by atoms with Crippen LogP contribution in [0.25, 0.3) is 0 Å². The van der Waals surface area contributed by atoms with Crippen molar-refractivity contribution in [1.82, 2.24) is 9.97 Å². The van der Waals surface area contributed by atoms with Gasteiger partial charge in [0.25, 0.3) is 0 Å². The van der Waals surface area contributed by atoms with E-state index in [1.807, 2.05) is 67.7 Å². The van der Waals surface area contributed by atoms with Crippen molar-refractivity contribution in [1.29, 1.82) is 0 Å². The molecule has 0 bridgehead atoms. The maximum absolute atomic E-state index is 6.00. The molecule has 0 spiro atoms. The summed E-state index contributed by atoms with van der Waals surface area (Å²) in [7, 11) is 2.02. The van der Waals surface area contributed by atoms with Gasteiger partial charge in [0.05, 0.1) is 5.69 Å². The number of para-hydroxylation sites is 3. The average molecular weight is 348 g/mol. The summed E-state index contributed by atoms with van der Waals surface area (Å²) >= 11 is 0. The number of nitrogens with zero attached hydrogens (tertiary/aromatic N) is 3. The van der Waals surface area contributed by atoms with Crippen LogP contribution < -0.4 is 15.0 Å². The van der Waals surface area contributed by atoms with E-state index in [4.69, 9.17) is 4.74 Å². The Labute approximate surface area is 154 Å². The van der Waals surface area contributed by atoms with E-state index >= 15 is 0 Å². The Morgan fingerprint density at radius 1 is 1.00 bits per heavy atom. The fourth-order valence-corrected chi connectivity index (χ4v) is 2.51. The lowest BCUT2D eigenvalue weighted by molar-refractivity contribution is 0.485. The minimum absolute atomic E-state index is 0.713. The first kappa shape index (κ1) is 17.7. The Balaban J connectivity index is 1.77. The number of rotatable bonds is 8. The Kier molecular flexibility index (Phi) is 6.04. The van der Waals surface area contributed by atoms with E-state index in [0.717, 1.165) is 42.4 Å². The molecule has 0 atom stereocenters. The van der Waals surface area contributed by atoms with Crippen LogP contribution in [-0.4, -0.2) is 23.6 Å². The second kappa shape index (κ2) is 8.85. The molecule has 0 saturated carbocycles. The van der Waals surface area contributed by atoms with E-state index in [2.05, 4.69) is 27.1 Å². The highest BCUT2D eigenvalue weighted by atomic mass is 16.5. The van der Waals surface area contributed by atoms with Crippen LogP contribution in [0.15, 0.2) is 66.9 Å². The van der Waals surface area contributed by atoms with Gasteiger partial charge in [-0.25, -0.2) is 4.98 Å². The van der Waals surface area contributed by atoms with E-state index in [1.165, 1.54) is 0 Å². The molecular weight excluding hydrogens is 324 g/mol. The van der Waals surface area contributed by atoms with E-state index in [9.17, 15) is 0 Å². The molecule has 2 aromatic carbocycles. The van der Waals surface area contributed by atoms with Crippen molar-refractivity contribution in [3.05, 3.63) is 66.9 Å². The molecule has 3 rings (SSSR count). The lowest BCUT2D eigenvalue weighted by atomic mass is 10.3. The van der Waals surface area contributed by atoms with Crippen molar-refractivity contribution in [2.75, 3.05) is 23.8 Å². The second-order valence-electron chi connectivity index (χ2n) is 6.05. The number of nitrogens with one attached hydrogen (secondary N) is 1. The molecule has 1 aromatic heterocycles. The van der Waals surface area contributed by atoms with Gasteiger partial charge in [0.15, 0.2) is 5.75 Å². The van der Waals surface area contributed by atoms with Crippen LogP contribution in [-0.2, 0) is 0 Å². The number of benzene rings is 2. The summed E-state index contributed by atoms with van der Waals surface area (Å²) in [5.41, 5.74) is 0.859. The molecule has 0 radical (unpaired) electrons. The summed E-state index contributed by atoms with van der Waals surface area (Å²) in [5.74, 6) is 3.00. The van der Waals surface area contributed by atoms with Gasteiger partial charge in [0, 0.05) is 19.8 Å². The van der Waals surface area contributed by atoms with Gasteiger partial charge in [-0.1, -0.05) is 43.7 Å². The van der Waals surface area contributed by atoms with E-state index < -0.39 is 0 Å². The van der Waals surface area contributed by atoms with Crippen LogP contribution in [0, 0.1) is 0 Å². The van der Waals surface area contributed by atoms with E-state index in [-0.39, 0.29) is 0 Å². The van der Waals surface area contributed by atoms with Crippen molar-refractivity contribution < 1.29 is 4.74 Å². The molecular formula is C21H24N4O. The fourth-order valence-electron chi connectivity index (χ4n) is 2.51. The van der Waals surface area contributed by atoms with Gasteiger partial charge in [-0.2, -0.15) is 4.98 Å². The van der Waals surface area contributed by atoms with Crippen LogP contribution in [0.1, 0.15) is 19.8 Å². The summed E-state index contributed by atoms with van der Waals surface area (Å²) in [6, 6.07) is 19.4. The molecule has 5 heteroatoms. The number of ether oxygens (including phenoxy) is 1. The zero-order valence-electron chi connectivity index (χ0n) is 15.2. The predicted octanol–water partition coefficient (Wildman–Crippen LogP) is 5.25. The first-order valence-electron chi connectivity index (χ1n) is 8.89. The molecule has 0 saturated heterocycles. The third-order valence-electron chi connectivity index (χ3n) is 3.95. The number of unbranched alkanes of at least 4 members (excludes halogenated alkanes) is 1. The largest absolute Gasteiger partial charge is 0.455 e. The first-order chi connectivity index (χ1) is 12.8. The molecule has 0 amide bonds. The Morgan fingerprint density at radius 3 is 2.58 bits per heavy atom. The molecule has 1 N–H and O–H groups in total. The molecule has 134 valence electrons. The minimum Gasteiger partial charge on any atom is -0.455 e. The van der Waals surface area contributed by atoms with Crippen LogP contribution in [0.2, 0.25) is 0 Å². The third kappa shape index (κ3) is 4.72. The van der Waals surface area contributed by atoms with Crippen LogP contribution in [0.3, 0.4) is 0 Å². The van der Waals surface area contributed by atoms with Gasteiger partial charge < -0.3 is 15.0 Å². The Morgan fingerprint density at radius 2 is 1.77 bits per heavy atom. The fraction of sp³-hybridized carbons (Fsp3) is 0.238. The highest BCUT2D eigenvalue weighted by molar-refractivity contribution is 5.65. The summed E-state index contributed by atoms with van der Waals surface area (Å²) < 4.78 is 6.00. The number of hydrogen-bond donors (Lipinski definition) is 1. The summed E-state index contributed by atoms with van der Waals surface area (Å²) in [4.78, 5) is 11.1. The smallest absolute Gasteiger partial charge is 0.227 e. The summed E-state index contributed by atoms with van der Waals surface area (Å²) in [5, 5.41) is 3.34. The molecule has 1 heterocycles. The first-order valence-corrected chi connectivity index (χ1v) is 8.89. The topological polar surface area (TPSA) is 50.3 Å². The molecule has 0 aliphatic carbocycles. The lowest BCUT2D eigenvalue weighted by Gasteiger charge is -2.17. The van der Waals surface area contributed by atoms with Gasteiger partial charge in [-0.05, 0) is 36.8 Å². The molecule has 0 aliphatic rings. The zero-order chi connectivity index (χ0) is 18.2. The van der Waals surface area contributed by atoms with Crippen molar-refractivity contribution in [2.24, 2.45) is 0 Å². The maximum atomic E-state index is 6.00. The van der Waals surface area contributed by atoms with Crippen LogP contribution in [0.5, 0.6) is 11.5 Å². The SMILES string of the molecule is CCCCN(C)c1nccc(Nc2ccccc2Oc2ccccc2)n1. The van der Waals surface area contributed by atoms with Gasteiger partial charge in [-0.3, -0.25) is 0 Å². The third-order valence-corrected chi connectivity index (χ3v) is 3.95. The van der Waals surface area contributed by atoms with Crippen molar-refractivity contribution in [3.63, 3.8) is 0 Å². The zero-order valence-corrected chi connectivity index (χ0v) is 15.2. The molecule has 5 nitrogen and oxygen atoms in total. The normalized spacial score (nSPS) is 10.4. The van der Waals surface area contributed by atoms with Gasteiger partial charge in [0.1, 0.15) is 11.6 Å². The van der Waals surface area contributed by atoms with Crippen LogP contribution >= 0.6 is 0 Å². The number of hydrogen-bond acceptors (Lipinski definition) is 5. The van der Waals surface area contributed by atoms with Crippen molar-refractivity contribution in [2.45, 2.75) is 19.8 Å². The van der Waals surface area contributed by atoms with Gasteiger partial charge in [-0.15, -0.1) is 0 Å². The van der Waals surface area contributed by atoms with Gasteiger partial charge in [0.2, 0.25) is 5.95 Å². The highest BCUT2D eigenvalue weighted by Crippen LogP contribution is 2.31. The average Bonchev–Trinajstić information content (AvgIpc) is 2.69. The van der Waals surface area contributed by atoms with E-state index in [0.29, 0.717) is 5.95 Å². The maximum Gasteiger partial charge on any atom is 0.227 e. The minimum atomic E-state index is 0.713. The monoisotopic (exact) mass is 348 g/mol. The second-order valence-corrected chi connectivity index (χ2v) is 6.05. The summed E-state index contributed by atoms with van der Waals surface area (Å²) in [6.45, 7) is 3.12. The predicted molar refractivity (Wildman–Crippen MR) is 106 cm³/mol.